The molecule has 0 unspecified atom stereocenters. The molecule has 3 saturated carbocycles. The van der Waals surface area contributed by atoms with Gasteiger partial charge in [0.1, 0.15) is 5.82 Å². The summed E-state index contributed by atoms with van der Waals surface area (Å²) in [6.07, 6.45) is 4.22. The molecule has 3 fully saturated rings. The van der Waals surface area contributed by atoms with Gasteiger partial charge >= 0.3 is 0 Å². The van der Waals surface area contributed by atoms with Crippen LogP contribution in [0, 0.1) is 16.6 Å². The van der Waals surface area contributed by atoms with Gasteiger partial charge in [0.25, 0.3) is 0 Å². The third-order valence-corrected chi connectivity index (χ3v) is 5.07. The number of benzene rings is 1. The number of halogens is 3. The highest BCUT2D eigenvalue weighted by atomic mass is 35.5. The monoisotopic (exact) mass is 258 g/mol. The molecule has 0 heterocycles. The van der Waals surface area contributed by atoms with Crippen LogP contribution in [0.1, 0.15) is 24.8 Å². The first-order valence-electron chi connectivity index (χ1n) is 5.57. The van der Waals surface area contributed by atoms with Crippen LogP contribution < -0.4 is 0 Å². The average Bonchev–Trinajstić information content (AvgIpc) is 2.13. The molecule has 1 aromatic carbocycles. The molecule has 3 heteroatoms. The van der Waals surface area contributed by atoms with Crippen LogP contribution in [0.4, 0.5) is 4.39 Å². The van der Waals surface area contributed by atoms with Crippen molar-refractivity contribution in [2.75, 3.05) is 5.88 Å². The van der Waals surface area contributed by atoms with Crippen LogP contribution in [-0.2, 0) is 6.42 Å². The molecule has 3 aliphatic carbocycles. The van der Waals surface area contributed by atoms with Crippen molar-refractivity contribution in [2.24, 2.45) is 10.8 Å². The van der Waals surface area contributed by atoms with Gasteiger partial charge in [-0.1, -0.05) is 17.7 Å². The van der Waals surface area contributed by atoms with E-state index in [0.29, 0.717) is 21.4 Å². The van der Waals surface area contributed by atoms with Gasteiger partial charge in [-0.05, 0) is 48.6 Å². The highest BCUT2D eigenvalue weighted by molar-refractivity contribution is 6.31. The minimum absolute atomic E-state index is 0.169. The lowest BCUT2D eigenvalue weighted by atomic mass is 9.34. The molecule has 0 atom stereocenters. The van der Waals surface area contributed by atoms with Gasteiger partial charge < -0.3 is 0 Å². The van der Waals surface area contributed by atoms with E-state index in [4.69, 9.17) is 23.2 Å². The lowest BCUT2D eigenvalue weighted by molar-refractivity contribution is -0.186. The Hall–Kier alpha value is -0.270. The maximum absolute atomic E-state index is 13.6. The van der Waals surface area contributed by atoms with Gasteiger partial charge in [0.05, 0.1) is 0 Å². The molecule has 86 valence electrons. The predicted octanol–water partition coefficient (Wildman–Crippen LogP) is 4.43. The Morgan fingerprint density at radius 1 is 1.19 bits per heavy atom. The summed E-state index contributed by atoms with van der Waals surface area (Å²) < 4.78 is 13.6. The summed E-state index contributed by atoms with van der Waals surface area (Å²) in [4.78, 5) is 0. The van der Waals surface area contributed by atoms with E-state index in [9.17, 15) is 4.39 Å². The molecule has 0 aromatic heterocycles. The maximum atomic E-state index is 13.6. The van der Waals surface area contributed by atoms with Gasteiger partial charge in [-0.15, -0.1) is 11.6 Å². The fraction of sp³-hybridized carbons (Fsp3) is 0.538. The van der Waals surface area contributed by atoms with Crippen LogP contribution in [0.25, 0.3) is 0 Å². The molecule has 0 nitrogen and oxygen atoms in total. The third kappa shape index (κ3) is 1.41. The Morgan fingerprint density at radius 3 is 2.44 bits per heavy atom. The Morgan fingerprint density at radius 2 is 1.88 bits per heavy atom. The zero-order chi connectivity index (χ0) is 11.4. The molecule has 0 radical (unpaired) electrons. The van der Waals surface area contributed by atoms with Crippen molar-refractivity contribution in [3.8, 4) is 0 Å². The molecule has 0 saturated heterocycles. The van der Waals surface area contributed by atoms with E-state index in [1.807, 2.05) is 0 Å². The Labute approximate surface area is 105 Å². The zero-order valence-corrected chi connectivity index (χ0v) is 10.4. The minimum Gasteiger partial charge on any atom is -0.207 e. The van der Waals surface area contributed by atoms with Crippen molar-refractivity contribution < 1.29 is 4.39 Å². The molecular formula is C13H13Cl2F. The van der Waals surface area contributed by atoms with Crippen molar-refractivity contribution in [2.45, 2.75) is 25.7 Å². The van der Waals surface area contributed by atoms with Gasteiger partial charge in [-0.25, -0.2) is 4.39 Å². The van der Waals surface area contributed by atoms with Gasteiger partial charge in [0.2, 0.25) is 0 Å². The van der Waals surface area contributed by atoms with Crippen LogP contribution in [0.5, 0.6) is 0 Å². The summed E-state index contributed by atoms with van der Waals surface area (Å²) in [6, 6.07) is 4.91. The highest BCUT2D eigenvalue weighted by Crippen LogP contribution is 2.74. The SMILES string of the molecule is Fc1cccc(Cl)c1CC12CC(CCl)(C1)C2. The van der Waals surface area contributed by atoms with Crippen LogP contribution >= 0.6 is 23.2 Å². The molecule has 0 amide bonds. The van der Waals surface area contributed by atoms with Crippen molar-refractivity contribution >= 4 is 23.2 Å². The maximum Gasteiger partial charge on any atom is 0.127 e. The molecule has 0 N–H and O–H groups in total. The summed E-state index contributed by atoms with van der Waals surface area (Å²) in [6.45, 7) is 0. The van der Waals surface area contributed by atoms with E-state index < -0.39 is 0 Å². The Kier molecular flexibility index (Phi) is 2.28. The molecule has 2 bridgehead atoms. The Bertz CT molecular complexity index is 402. The summed E-state index contributed by atoms with van der Waals surface area (Å²) in [5.74, 6) is 0.580. The van der Waals surface area contributed by atoms with Crippen LogP contribution in [0.15, 0.2) is 18.2 Å². The third-order valence-electron chi connectivity index (χ3n) is 4.15. The largest absolute Gasteiger partial charge is 0.207 e. The first kappa shape index (κ1) is 10.9. The molecule has 3 aliphatic rings. The lowest BCUT2D eigenvalue weighted by Crippen LogP contribution is -2.63. The van der Waals surface area contributed by atoms with E-state index in [1.54, 1.807) is 12.1 Å². The van der Waals surface area contributed by atoms with E-state index in [1.165, 1.54) is 6.07 Å². The van der Waals surface area contributed by atoms with Gasteiger partial charge in [0.15, 0.2) is 0 Å². The number of rotatable bonds is 3. The zero-order valence-electron chi connectivity index (χ0n) is 8.90. The van der Waals surface area contributed by atoms with Gasteiger partial charge in [0, 0.05) is 16.5 Å². The van der Waals surface area contributed by atoms with Crippen molar-refractivity contribution in [3.05, 3.63) is 34.6 Å². The lowest BCUT2D eigenvalue weighted by Gasteiger charge is -2.71. The van der Waals surface area contributed by atoms with E-state index in [-0.39, 0.29) is 5.82 Å². The molecule has 4 rings (SSSR count). The molecule has 0 spiro atoms. The van der Waals surface area contributed by atoms with Crippen molar-refractivity contribution in [3.63, 3.8) is 0 Å². The topological polar surface area (TPSA) is 0 Å². The van der Waals surface area contributed by atoms with Crippen molar-refractivity contribution in [1.82, 2.24) is 0 Å². The number of hydrogen-bond donors (Lipinski definition) is 0. The van der Waals surface area contributed by atoms with E-state index in [0.717, 1.165) is 31.6 Å². The van der Waals surface area contributed by atoms with Crippen molar-refractivity contribution in [1.29, 1.82) is 0 Å². The quantitative estimate of drug-likeness (QED) is 0.704. The molecular weight excluding hydrogens is 246 g/mol. The van der Waals surface area contributed by atoms with Gasteiger partial charge in [-0.3, -0.25) is 0 Å². The van der Waals surface area contributed by atoms with Crippen LogP contribution in [-0.4, -0.2) is 5.88 Å². The van der Waals surface area contributed by atoms with E-state index in [2.05, 4.69) is 0 Å². The first-order valence-corrected chi connectivity index (χ1v) is 6.48. The second kappa shape index (κ2) is 3.36. The predicted molar refractivity (Wildman–Crippen MR) is 64.6 cm³/mol. The minimum atomic E-state index is -0.169. The second-order valence-corrected chi connectivity index (χ2v) is 6.22. The summed E-state index contributed by atoms with van der Waals surface area (Å²) >= 11 is 11.9. The number of alkyl halides is 1. The molecule has 1 aromatic rings. The average molecular weight is 259 g/mol. The van der Waals surface area contributed by atoms with Crippen LogP contribution in [0.3, 0.4) is 0 Å². The smallest absolute Gasteiger partial charge is 0.127 e. The summed E-state index contributed by atoms with van der Waals surface area (Å²) in [5, 5.41) is 0.560. The fourth-order valence-electron chi connectivity index (χ4n) is 3.64. The Balaban J connectivity index is 1.78. The van der Waals surface area contributed by atoms with Crippen LogP contribution in [0.2, 0.25) is 5.02 Å². The number of hydrogen-bond acceptors (Lipinski definition) is 0. The fourth-order valence-corrected chi connectivity index (χ4v) is 4.15. The normalized spacial score (nSPS) is 35.4. The standard InChI is InChI=1S/C13H13Cl2F/c14-8-13-5-12(6-13,7-13)4-9-10(15)2-1-3-11(9)16/h1-3H,4-8H2. The van der Waals surface area contributed by atoms with E-state index >= 15 is 0 Å². The second-order valence-electron chi connectivity index (χ2n) is 5.54. The molecule has 16 heavy (non-hydrogen) atoms. The highest BCUT2D eigenvalue weighted by Gasteiger charge is 2.66. The van der Waals surface area contributed by atoms with Gasteiger partial charge in [-0.2, -0.15) is 0 Å². The molecule has 0 aliphatic heterocycles. The first-order chi connectivity index (χ1) is 7.58. The summed E-state index contributed by atoms with van der Waals surface area (Å²) in [7, 11) is 0. The summed E-state index contributed by atoms with van der Waals surface area (Å²) in [5.41, 5.74) is 1.38.